The fourth-order valence-electron chi connectivity index (χ4n) is 2.72. The molecule has 1 aromatic carbocycles. The fraction of sp³-hybridized carbons (Fsp3) is 0.316. The Morgan fingerprint density at radius 3 is 2.32 bits per heavy atom. The van der Waals surface area contributed by atoms with Crippen LogP contribution in [0.15, 0.2) is 48.5 Å². The number of amides is 1. The van der Waals surface area contributed by atoms with E-state index in [2.05, 4.69) is 15.1 Å². The van der Waals surface area contributed by atoms with Crippen LogP contribution in [0.3, 0.4) is 0 Å². The molecule has 2 heterocycles. The molecule has 1 aliphatic heterocycles. The highest BCUT2D eigenvalue weighted by molar-refractivity contribution is 5.91. The van der Waals surface area contributed by atoms with E-state index in [4.69, 9.17) is 0 Å². The lowest BCUT2D eigenvalue weighted by Crippen LogP contribution is -2.48. The minimum Gasteiger partial charge on any atom is -0.361 e. The topological polar surface area (TPSA) is 52.6 Å². The standard InChI is InChI=1S/C19H23N5O/c1-22(2)17-9-10-18(21-20-17)23-12-14-24(15-13-23)19(25)11-8-16-6-4-3-5-7-16/h3-11H,12-15H2,1-2H3/b11-8+. The van der Waals surface area contributed by atoms with Gasteiger partial charge in [-0.1, -0.05) is 30.3 Å². The molecule has 0 saturated carbocycles. The van der Waals surface area contributed by atoms with E-state index in [1.807, 2.05) is 72.4 Å². The molecule has 25 heavy (non-hydrogen) atoms. The second kappa shape index (κ2) is 7.79. The second-order valence-electron chi connectivity index (χ2n) is 6.20. The molecule has 0 atom stereocenters. The van der Waals surface area contributed by atoms with Gasteiger partial charge in [0.05, 0.1) is 0 Å². The van der Waals surface area contributed by atoms with Crippen molar-refractivity contribution in [1.82, 2.24) is 15.1 Å². The van der Waals surface area contributed by atoms with Crippen molar-refractivity contribution in [2.24, 2.45) is 0 Å². The van der Waals surface area contributed by atoms with Gasteiger partial charge in [0.25, 0.3) is 0 Å². The summed E-state index contributed by atoms with van der Waals surface area (Å²) in [6.45, 7) is 2.91. The monoisotopic (exact) mass is 337 g/mol. The Bertz CT molecular complexity index is 719. The number of benzene rings is 1. The van der Waals surface area contributed by atoms with E-state index in [1.54, 1.807) is 6.08 Å². The highest BCUT2D eigenvalue weighted by atomic mass is 16.2. The van der Waals surface area contributed by atoms with Crippen LogP contribution in [-0.4, -0.2) is 61.3 Å². The summed E-state index contributed by atoms with van der Waals surface area (Å²) in [5, 5.41) is 8.50. The van der Waals surface area contributed by atoms with E-state index in [-0.39, 0.29) is 5.91 Å². The number of rotatable bonds is 4. The predicted molar refractivity (Wildman–Crippen MR) is 101 cm³/mol. The number of aromatic nitrogens is 2. The van der Waals surface area contributed by atoms with Crippen molar-refractivity contribution < 1.29 is 4.79 Å². The first-order chi connectivity index (χ1) is 12.1. The van der Waals surface area contributed by atoms with Gasteiger partial charge in [-0.25, -0.2) is 0 Å². The van der Waals surface area contributed by atoms with Gasteiger partial charge in [0, 0.05) is 46.4 Å². The summed E-state index contributed by atoms with van der Waals surface area (Å²) in [6.07, 6.45) is 3.51. The molecule has 1 aliphatic rings. The maximum atomic E-state index is 12.3. The summed E-state index contributed by atoms with van der Waals surface area (Å²) >= 11 is 0. The van der Waals surface area contributed by atoms with Gasteiger partial charge in [0.1, 0.15) is 0 Å². The van der Waals surface area contributed by atoms with Gasteiger partial charge in [-0.2, -0.15) is 0 Å². The number of nitrogens with zero attached hydrogens (tertiary/aromatic N) is 5. The first-order valence-electron chi connectivity index (χ1n) is 8.41. The first-order valence-corrected chi connectivity index (χ1v) is 8.41. The van der Waals surface area contributed by atoms with Gasteiger partial charge in [-0.05, 0) is 23.8 Å². The molecule has 1 saturated heterocycles. The lowest BCUT2D eigenvalue weighted by atomic mass is 10.2. The third kappa shape index (κ3) is 4.35. The molecule has 2 aromatic rings. The lowest BCUT2D eigenvalue weighted by Gasteiger charge is -2.34. The molecule has 0 spiro atoms. The highest BCUT2D eigenvalue weighted by Gasteiger charge is 2.20. The van der Waals surface area contributed by atoms with Gasteiger partial charge >= 0.3 is 0 Å². The number of carbonyl (C=O) groups is 1. The molecule has 1 amide bonds. The summed E-state index contributed by atoms with van der Waals surface area (Å²) in [5.74, 6) is 1.75. The average molecular weight is 337 g/mol. The van der Waals surface area contributed by atoms with Crippen molar-refractivity contribution in [3.8, 4) is 0 Å². The van der Waals surface area contributed by atoms with Crippen molar-refractivity contribution >= 4 is 23.6 Å². The van der Waals surface area contributed by atoms with Gasteiger partial charge in [-0.15, -0.1) is 10.2 Å². The molecule has 1 fully saturated rings. The van der Waals surface area contributed by atoms with Crippen LogP contribution in [0.25, 0.3) is 6.08 Å². The zero-order chi connectivity index (χ0) is 17.6. The smallest absolute Gasteiger partial charge is 0.246 e. The maximum absolute atomic E-state index is 12.3. The molecule has 6 heteroatoms. The normalized spacial score (nSPS) is 14.8. The predicted octanol–water partition coefficient (Wildman–Crippen LogP) is 1.90. The van der Waals surface area contributed by atoms with Crippen LogP contribution >= 0.6 is 0 Å². The molecule has 0 N–H and O–H groups in total. The SMILES string of the molecule is CN(C)c1ccc(N2CCN(C(=O)/C=C/c3ccccc3)CC2)nn1. The van der Waals surface area contributed by atoms with Crippen molar-refractivity contribution in [2.45, 2.75) is 0 Å². The van der Waals surface area contributed by atoms with Crippen molar-refractivity contribution in [3.05, 3.63) is 54.1 Å². The third-order valence-corrected chi connectivity index (χ3v) is 4.23. The Morgan fingerprint density at radius 1 is 1.00 bits per heavy atom. The summed E-state index contributed by atoms with van der Waals surface area (Å²) in [7, 11) is 3.88. The molecule has 0 aliphatic carbocycles. The molecule has 6 nitrogen and oxygen atoms in total. The van der Waals surface area contributed by atoms with E-state index >= 15 is 0 Å². The number of carbonyl (C=O) groups excluding carboxylic acids is 1. The maximum Gasteiger partial charge on any atom is 0.246 e. The number of piperazine rings is 1. The Balaban J connectivity index is 1.54. The molecule has 130 valence electrons. The molecule has 0 bridgehead atoms. The number of anilines is 2. The number of hydrogen-bond acceptors (Lipinski definition) is 5. The van der Waals surface area contributed by atoms with Crippen molar-refractivity contribution in [2.75, 3.05) is 50.1 Å². The lowest BCUT2D eigenvalue weighted by molar-refractivity contribution is -0.126. The molecular weight excluding hydrogens is 314 g/mol. The fourth-order valence-corrected chi connectivity index (χ4v) is 2.72. The number of hydrogen-bond donors (Lipinski definition) is 0. The van der Waals surface area contributed by atoms with Gasteiger partial charge in [-0.3, -0.25) is 4.79 Å². The zero-order valence-corrected chi connectivity index (χ0v) is 14.7. The van der Waals surface area contributed by atoms with Crippen LogP contribution < -0.4 is 9.80 Å². The van der Waals surface area contributed by atoms with E-state index in [1.165, 1.54) is 0 Å². The minimum absolute atomic E-state index is 0.0533. The van der Waals surface area contributed by atoms with Crippen LogP contribution in [0.4, 0.5) is 11.6 Å². The van der Waals surface area contributed by atoms with Crippen molar-refractivity contribution in [3.63, 3.8) is 0 Å². The molecule has 1 aromatic heterocycles. The Morgan fingerprint density at radius 2 is 1.72 bits per heavy atom. The second-order valence-corrected chi connectivity index (χ2v) is 6.20. The largest absolute Gasteiger partial charge is 0.361 e. The van der Waals surface area contributed by atoms with Crippen LogP contribution in [0.5, 0.6) is 0 Å². The van der Waals surface area contributed by atoms with E-state index in [9.17, 15) is 4.79 Å². The van der Waals surface area contributed by atoms with E-state index in [0.29, 0.717) is 13.1 Å². The molecule has 0 unspecified atom stereocenters. The minimum atomic E-state index is 0.0533. The van der Waals surface area contributed by atoms with Gasteiger partial charge in [0.15, 0.2) is 11.6 Å². The van der Waals surface area contributed by atoms with Crippen LogP contribution in [0, 0.1) is 0 Å². The van der Waals surface area contributed by atoms with E-state index < -0.39 is 0 Å². The zero-order valence-electron chi connectivity index (χ0n) is 14.7. The Hall–Kier alpha value is -2.89. The van der Waals surface area contributed by atoms with Crippen molar-refractivity contribution in [1.29, 1.82) is 0 Å². The van der Waals surface area contributed by atoms with E-state index in [0.717, 1.165) is 30.3 Å². The molecule has 0 radical (unpaired) electrons. The third-order valence-electron chi connectivity index (χ3n) is 4.23. The molecular formula is C19H23N5O. The quantitative estimate of drug-likeness (QED) is 0.798. The van der Waals surface area contributed by atoms with Crippen LogP contribution in [0.1, 0.15) is 5.56 Å². The Labute approximate surface area is 148 Å². The van der Waals surface area contributed by atoms with Crippen LogP contribution in [-0.2, 0) is 4.79 Å². The van der Waals surface area contributed by atoms with Gasteiger partial charge in [0.2, 0.25) is 5.91 Å². The first kappa shape index (κ1) is 17.0. The summed E-state index contributed by atoms with van der Waals surface area (Å²) in [4.78, 5) is 18.3. The highest BCUT2D eigenvalue weighted by Crippen LogP contribution is 2.15. The van der Waals surface area contributed by atoms with Crippen LogP contribution in [0.2, 0.25) is 0 Å². The Kier molecular flexibility index (Phi) is 5.28. The summed E-state index contributed by atoms with van der Waals surface area (Å²) in [6, 6.07) is 13.8. The summed E-state index contributed by atoms with van der Waals surface area (Å²) < 4.78 is 0. The van der Waals surface area contributed by atoms with Gasteiger partial charge < -0.3 is 14.7 Å². The summed E-state index contributed by atoms with van der Waals surface area (Å²) in [5.41, 5.74) is 1.03. The molecule has 3 rings (SSSR count). The average Bonchev–Trinajstić information content (AvgIpc) is 2.67.